The van der Waals surface area contributed by atoms with Gasteiger partial charge < -0.3 is 9.47 Å². The number of methoxy groups -OCH3 is 1. The zero-order chi connectivity index (χ0) is 12.8. The molecular weight excluding hydrogens is 259 g/mol. The van der Waals surface area contributed by atoms with E-state index in [0.717, 1.165) is 29.0 Å². The summed E-state index contributed by atoms with van der Waals surface area (Å²) >= 11 is 11.0. The highest BCUT2D eigenvalue weighted by molar-refractivity contribution is 6.55. The molecule has 0 aliphatic heterocycles. The Morgan fingerprint density at radius 2 is 2.06 bits per heavy atom. The molecule has 0 fully saturated rings. The first-order valence-corrected chi connectivity index (χ1v) is 6.15. The van der Waals surface area contributed by atoms with E-state index in [4.69, 9.17) is 32.7 Å². The lowest BCUT2D eigenvalue weighted by atomic mass is 10.1. The Morgan fingerprint density at radius 1 is 1.35 bits per heavy atom. The first-order valence-electron chi connectivity index (χ1n) is 5.40. The summed E-state index contributed by atoms with van der Waals surface area (Å²) in [5.74, 6) is 1.72. The van der Waals surface area contributed by atoms with Crippen LogP contribution < -0.4 is 9.47 Å². The maximum Gasteiger partial charge on any atom is 0.125 e. The highest BCUT2D eigenvalue weighted by atomic mass is 35.5. The van der Waals surface area contributed by atoms with Gasteiger partial charge in [-0.3, -0.25) is 0 Å². The third-order valence-electron chi connectivity index (χ3n) is 2.40. The molecule has 0 aliphatic carbocycles. The molecule has 0 unspecified atom stereocenters. The number of halogens is 2. The van der Waals surface area contributed by atoms with Gasteiger partial charge in [0.1, 0.15) is 22.6 Å². The quantitative estimate of drug-likeness (QED) is 0.799. The van der Waals surface area contributed by atoms with Gasteiger partial charge in [-0.1, -0.05) is 30.1 Å². The Balaban J connectivity index is 2.88. The van der Waals surface area contributed by atoms with Gasteiger partial charge in [-0.05, 0) is 42.7 Å². The van der Waals surface area contributed by atoms with Crippen LogP contribution in [-0.2, 0) is 6.42 Å². The maximum atomic E-state index is 5.54. The maximum absolute atomic E-state index is 5.54. The second-order valence-electron chi connectivity index (χ2n) is 3.59. The molecule has 1 aromatic carbocycles. The molecule has 4 heteroatoms. The molecule has 0 N–H and O–H groups in total. The molecule has 0 saturated carbocycles. The zero-order valence-electron chi connectivity index (χ0n) is 10.2. The minimum atomic E-state index is 0.214. The lowest BCUT2D eigenvalue weighted by Gasteiger charge is -2.13. The molecule has 0 radical (unpaired) electrons. The number of benzene rings is 1. The van der Waals surface area contributed by atoms with E-state index in [2.05, 4.69) is 6.92 Å². The van der Waals surface area contributed by atoms with Crippen molar-refractivity contribution >= 4 is 23.2 Å². The van der Waals surface area contributed by atoms with Gasteiger partial charge in [0.15, 0.2) is 0 Å². The predicted octanol–water partition coefficient (Wildman–Crippen LogP) is 4.26. The van der Waals surface area contributed by atoms with E-state index >= 15 is 0 Å². The molecule has 0 aromatic heterocycles. The van der Waals surface area contributed by atoms with Crippen LogP contribution in [0.3, 0.4) is 0 Å². The van der Waals surface area contributed by atoms with Gasteiger partial charge in [-0.2, -0.15) is 0 Å². The number of ether oxygens (including phenoxy) is 2. The third kappa shape index (κ3) is 4.14. The summed E-state index contributed by atoms with van der Waals surface area (Å²) in [7, 11) is 1.68. The van der Waals surface area contributed by atoms with Crippen LogP contribution in [0.4, 0.5) is 0 Å². The van der Waals surface area contributed by atoms with Gasteiger partial charge in [0.25, 0.3) is 0 Å². The summed E-state index contributed by atoms with van der Waals surface area (Å²) < 4.78 is 11.1. The van der Waals surface area contributed by atoms with Crippen LogP contribution >= 0.6 is 23.2 Å². The van der Waals surface area contributed by atoms with Gasteiger partial charge in [0, 0.05) is 0 Å². The van der Waals surface area contributed by atoms with Crippen molar-refractivity contribution in [2.45, 2.75) is 20.3 Å². The van der Waals surface area contributed by atoms with Gasteiger partial charge in [0.2, 0.25) is 0 Å². The molecule has 1 aromatic rings. The third-order valence-corrected chi connectivity index (χ3v) is 2.71. The highest BCUT2D eigenvalue weighted by Gasteiger charge is 2.07. The van der Waals surface area contributed by atoms with Crippen molar-refractivity contribution in [3.63, 3.8) is 0 Å². The monoisotopic (exact) mass is 274 g/mol. The van der Waals surface area contributed by atoms with Crippen molar-refractivity contribution in [2.75, 3.05) is 13.7 Å². The molecular formula is C13H16Cl2O2. The first kappa shape index (κ1) is 14.2. The van der Waals surface area contributed by atoms with Gasteiger partial charge >= 0.3 is 0 Å². The molecule has 0 amide bonds. The van der Waals surface area contributed by atoms with Crippen molar-refractivity contribution in [2.24, 2.45) is 0 Å². The second kappa shape index (κ2) is 6.77. The largest absolute Gasteiger partial charge is 0.496 e. The zero-order valence-corrected chi connectivity index (χ0v) is 11.7. The van der Waals surface area contributed by atoms with E-state index in [-0.39, 0.29) is 4.49 Å². The molecule has 0 spiro atoms. The predicted molar refractivity (Wildman–Crippen MR) is 72.4 cm³/mol. The lowest BCUT2D eigenvalue weighted by Crippen LogP contribution is -1.98. The average molecular weight is 275 g/mol. The Labute approximate surface area is 112 Å². The van der Waals surface area contributed by atoms with E-state index in [1.165, 1.54) is 0 Å². The minimum absolute atomic E-state index is 0.214. The van der Waals surface area contributed by atoms with Crippen molar-refractivity contribution in [3.05, 3.63) is 33.8 Å². The smallest absolute Gasteiger partial charge is 0.125 e. The van der Waals surface area contributed by atoms with Crippen molar-refractivity contribution in [1.29, 1.82) is 0 Å². The fourth-order valence-corrected chi connectivity index (χ4v) is 1.78. The molecule has 94 valence electrons. The van der Waals surface area contributed by atoms with E-state index in [1.54, 1.807) is 13.2 Å². The number of aryl methyl sites for hydroxylation is 2. The summed E-state index contributed by atoms with van der Waals surface area (Å²) in [6, 6.07) is 3.91. The van der Waals surface area contributed by atoms with E-state index in [0.29, 0.717) is 6.61 Å². The van der Waals surface area contributed by atoms with E-state index in [9.17, 15) is 0 Å². The topological polar surface area (TPSA) is 18.5 Å². The van der Waals surface area contributed by atoms with Crippen molar-refractivity contribution in [3.8, 4) is 11.5 Å². The first-order chi connectivity index (χ1) is 8.08. The SMILES string of the molecule is CCc1cc(OCC=C(Cl)Cl)cc(C)c1OC. The van der Waals surface area contributed by atoms with Crippen LogP contribution in [0.1, 0.15) is 18.1 Å². The van der Waals surface area contributed by atoms with Crippen LogP contribution in [-0.4, -0.2) is 13.7 Å². The summed E-state index contributed by atoms with van der Waals surface area (Å²) in [5, 5.41) is 0. The van der Waals surface area contributed by atoms with E-state index in [1.807, 2.05) is 19.1 Å². The van der Waals surface area contributed by atoms with Crippen molar-refractivity contribution in [1.82, 2.24) is 0 Å². The highest BCUT2D eigenvalue weighted by Crippen LogP contribution is 2.29. The lowest BCUT2D eigenvalue weighted by molar-refractivity contribution is 0.359. The Bertz CT molecular complexity index is 410. The normalized spacial score (nSPS) is 9.94. The standard InChI is InChI=1S/C13H16Cl2O2/c1-4-10-8-11(17-6-5-12(14)15)7-9(2)13(10)16-3/h5,7-8H,4,6H2,1-3H3. The van der Waals surface area contributed by atoms with Crippen LogP contribution in [0.15, 0.2) is 22.7 Å². The molecule has 0 atom stereocenters. The average Bonchev–Trinajstić information content (AvgIpc) is 2.27. The number of hydrogen-bond donors (Lipinski definition) is 0. The van der Waals surface area contributed by atoms with Crippen LogP contribution in [0.2, 0.25) is 0 Å². The van der Waals surface area contributed by atoms with Crippen LogP contribution in [0, 0.1) is 6.92 Å². The molecule has 17 heavy (non-hydrogen) atoms. The Kier molecular flexibility index (Phi) is 5.66. The molecule has 0 bridgehead atoms. The van der Waals surface area contributed by atoms with Gasteiger partial charge in [-0.15, -0.1) is 0 Å². The number of hydrogen-bond acceptors (Lipinski definition) is 2. The molecule has 0 saturated heterocycles. The van der Waals surface area contributed by atoms with Crippen LogP contribution in [0.5, 0.6) is 11.5 Å². The van der Waals surface area contributed by atoms with Crippen LogP contribution in [0.25, 0.3) is 0 Å². The molecule has 0 heterocycles. The second-order valence-corrected chi connectivity index (χ2v) is 4.60. The molecule has 2 nitrogen and oxygen atoms in total. The minimum Gasteiger partial charge on any atom is -0.496 e. The fraction of sp³-hybridized carbons (Fsp3) is 0.385. The summed E-state index contributed by atoms with van der Waals surface area (Å²) in [6.45, 7) is 4.43. The fourth-order valence-electron chi connectivity index (χ4n) is 1.65. The van der Waals surface area contributed by atoms with Gasteiger partial charge in [0.05, 0.1) is 7.11 Å². The summed E-state index contributed by atoms with van der Waals surface area (Å²) in [4.78, 5) is 0. The summed E-state index contributed by atoms with van der Waals surface area (Å²) in [5.41, 5.74) is 2.19. The Hall–Kier alpha value is -0.860. The number of rotatable bonds is 5. The Morgan fingerprint density at radius 3 is 2.59 bits per heavy atom. The van der Waals surface area contributed by atoms with E-state index < -0.39 is 0 Å². The van der Waals surface area contributed by atoms with Crippen molar-refractivity contribution < 1.29 is 9.47 Å². The molecule has 1 rings (SSSR count). The van der Waals surface area contributed by atoms with Gasteiger partial charge in [-0.25, -0.2) is 0 Å². The summed E-state index contributed by atoms with van der Waals surface area (Å²) in [6.07, 6.45) is 2.50. The molecule has 0 aliphatic rings.